The van der Waals surface area contributed by atoms with Crippen molar-refractivity contribution in [2.24, 2.45) is 0 Å². The van der Waals surface area contributed by atoms with E-state index in [9.17, 15) is 9.59 Å². The van der Waals surface area contributed by atoms with Crippen molar-refractivity contribution < 1.29 is 14.7 Å². The van der Waals surface area contributed by atoms with Crippen molar-refractivity contribution in [3.8, 4) is 0 Å². The quantitative estimate of drug-likeness (QED) is 0.553. The average molecular weight is 143 g/mol. The van der Waals surface area contributed by atoms with Crippen LogP contribution < -0.4 is 0 Å². The van der Waals surface area contributed by atoms with Crippen molar-refractivity contribution in [1.29, 1.82) is 0 Å². The second kappa shape index (κ2) is 3.69. The fraction of sp³-hybridized carbons (Fsp3) is 0.500. The zero-order valence-electron chi connectivity index (χ0n) is 5.87. The van der Waals surface area contributed by atoms with Gasteiger partial charge in [-0.3, -0.25) is 0 Å². The van der Waals surface area contributed by atoms with Gasteiger partial charge in [-0.25, -0.2) is 9.59 Å². The van der Waals surface area contributed by atoms with Gasteiger partial charge in [0.15, 0.2) is 0 Å². The number of nitrogens with zero attached hydrogens (tertiary/aromatic N) is 1. The van der Waals surface area contributed by atoms with E-state index in [2.05, 4.69) is 0 Å². The maximum absolute atomic E-state index is 10.2. The predicted octanol–water partition coefficient (Wildman–Crippen LogP) is -0.263. The summed E-state index contributed by atoms with van der Waals surface area (Å²) in [5.74, 6) is 0.527. The highest BCUT2D eigenvalue weighted by molar-refractivity contribution is 5.73. The Labute approximate surface area is 58.8 Å². The van der Waals surface area contributed by atoms with Gasteiger partial charge >= 0.3 is 5.97 Å². The summed E-state index contributed by atoms with van der Waals surface area (Å²) in [4.78, 5) is 21.2. The fourth-order valence-corrected chi connectivity index (χ4v) is 0.369. The molecule has 1 N–H and O–H groups in total. The summed E-state index contributed by atoms with van der Waals surface area (Å²) in [6, 6.07) is -0.679. The zero-order chi connectivity index (χ0) is 8.15. The second-order valence-corrected chi connectivity index (χ2v) is 1.93. The zero-order valence-corrected chi connectivity index (χ0v) is 5.87. The molecule has 0 saturated carbocycles. The number of carboxylic acids is 1. The molecule has 0 heterocycles. The van der Waals surface area contributed by atoms with Crippen molar-refractivity contribution in [1.82, 2.24) is 4.90 Å². The summed E-state index contributed by atoms with van der Waals surface area (Å²) in [6.07, 6.45) is 1.05. The van der Waals surface area contributed by atoms with Crippen LogP contribution >= 0.6 is 0 Å². The lowest BCUT2D eigenvalue weighted by Gasteiger charge is -2.16. The molecule has 0 fully saturated rings. The molecule has 0 rings (SSSR count). The molecular formula is C6H9NO3. The molecule has 56 valence electrons. The van der Waals surface area contributed by atoms with E-state index < -0.39 is 12.0 Å². The highest BCUT2D eigenvalue weighted by Crippen LogP contribution is 1.93. The van der Waals surface area contributed by atoms with Crippen LogP contribution in [-0.2, 0) is 9.59 Å². The van der Waals surface area contributed by atoms with Crippen LogP contribution in [-0.4, -0.2) is 35.0 Å². The Bertz CT molecular complexity index is 166. The molecule has 1 atom stereocenters. The van der Waals surface area contributed by atoms with E-state index in [4.69, 9.17) is 5.11 Å². The number of hydrogen-bond donors (Lipinski definition) is 1. The number of aliphatic carboxylic acids is 1. The van der Waals surface area contributed by atoms with Gasteiger partial charge in [0.2, 0.25) is 0 Å². The largest absolute Gasteiger partial charge is 0.480 e. The number of hydrogen-bond acceptors (Lipinski definition) is 3. The van der Waals surface area contributed by atoms with Gasteiger partial charge in [-0.1, -0.05) is 0 Å². The summed E-state index contributed by atoms with van der Waals surface area (Å²) in [6.45, 7) is 1.48. The lowest BCUT2D eigenvalue weighted by atomic mass is 10.3. The fourth-order valence-electron chi connectivity index (χ4n) is 0.369. The molecule has 0 aliphatic carbocycles. The van der Waals surface area contributed by atoms with Gasteiger partial charge in [-0.2, -0.15) is 0 Å². The summed E-state index contributed by atoms with van der Waals surface area (Å²) in [5.41, 5.74) is 0. The Morgan fingerprint density at radius 1 is 1.80 bits per heavy atom. The average Bonchev–Trinajstić information content (AvgIpc) is 1.87. The van der Waals surface area contributed by atoms with Crippen LogP contribution in [0.1, 0.15) is 6.92 Å². The third kappa shape index (κ3) is 2.33. The lowest BCUT2D eigenvalue weighted by Crippen LogP contribution is -2.31. The topological polar surface area (TPSA) is 57.6 Å². The van der Waals surface area contributed by atoms with E-state index in [0.29, 0.717) is 0 Å². The number of rotatable bonds is 3. The third-order valence-electron chi connectivity index (χ3n) is 1.22. The van der Waals surface area contributed by atoms with Gasteiger partial charge in [-0.05, 0) is 6.92 Å². The Morgan fingerprint density at radius 3 is 2.60 bits per heavy atom. The van der Waals surface area contributed by atoms with Crippen LogP contribution in [0.25, 0.3) is 0 Å². The maximum Gasteiger partial charge on any atom is 0.326 e. The molecule has 4 nitrogen and oxygen atoms in total. The predicted molar refractivity (Wildman–Crippen MR) is 35.1 cm³/mol. The molecule has 0 amide bonds. The van der Waals surface area contributed by atoms with Crippen molar-refractivity contribution in [2.45, 2.75) is 13.0 Å². The molecule has 0 saturated heterocycles. The summed E-state index contributed by atoms with van der Waals surface area (Å²) < 4.78 is 0. The third-order valence-corrected chi connectivity index (χ3v) is 1.22. The number of likely N-dealkylation sites (N-methyl/N-ethyl adjacent to an activating group) is 1. The minimum Gasteiger partial charge on any atom is -0.480 e. The van der Waals surface area contributed by atoms with Crippen LogP contribution in [0.5, 0.6) is 0 Å². The summed E-state index contributed by atoms with van der Waals surface area (Å²) >= 11 is 0. The highest BCUT2D eigenvalue weighted by Gasteiger charge is 2.12. The first-order valence-electron chi connectivity index (χ1n) is 2.75. The van der Waals surface area contributed by atoms with E-state index in [-0.39, 0.29) is 0 Å². The van der Waals surface area contributed by atoms with Crippen LogP contribution in [0, 0.1) is 0 Å². The number of carboxylic acid groups (broad SMARTS) is 1. The van der Waals surface area contributed by atoms with Gasteiger partial charge in [0.05, 0.1) is 6.20 Å². The standard InChI is InChI=1S/C6H9NO3/c1-5(6(9)10)7(2)3-4-8/h3,5H,1-2H3,(H,9,10). The molecule has 0 aromatic carbocycles. The van der Waals surface area contributed by atoms with Crippen LogP contribution in [0.2, 0.25) is 0 Å². The van der Waals surface area contributed by atoms with Gasteiger partial charge in [-0.15, -0.1) is 0 Å². The Balaban J connectivity index is 4.06. The molecule has 4 heteroatoms. The monoisotopic (exact) mass is 143 g/mol. The van der Waals surface area contributed by atoms with Crippen LogP contribution in [0.15, 0.2) is 6.20 Å². The highest BCUT2D eigenvalue weighted by atomic mass is 16.4. The molecule has 0 radical (unpaired) electrons. The smallest absolute Gasteiger partial charge is 0.326 e. The lowest BCUT2D eigenvalue weighted by molar-refractivity contribution is -0.141. The molecule has 1 unspecified atom stereocenters. The van der Waals surface area contributed by atoms with E-state index in [1.165, 1.54) is 24.8 Å². The van der Waals surface area contributed by atoms with Crippen molar-refractivity contribution in [3.05, 3.63) is 6.20 Å². The molecule has 0 aromatic heterocycles. The minimum atomic E-state index is -0.964. The Kier molecular flexibility index (Phi) is 3.22. The molecule has 10 heavy (non-hydrogen) atoms. The molecule has 0 bridgehead atoms. The maximum atomic E-state index is 10.2. The van der Waals surface area contributed by atoms with Crippen LogP contribution in [0.4, 0.5) is 0 Å². The molecule has 0 aromatic rings. The number of carbonyl (C=O) groups is 1. The van der Waals surface area contributed by atoms with E-state index in [1.54, 1.807) is 0 Å². The first-order valence-corrected chi connectivity index (χ1v) is 2.75. The molecule has 0 spiro atoms. The normalized spacial score (nSPS) is 11.4. The van der Waals surface area contributed by atoms with Crippen molar-refractivity contribution in [3.63, 3.8) is 0 Å². The van der Waals surface area contributed by atoms with Gasteiger partial charge < -0.3 is 10.0 Å². The Morgan fingerprint density at radius 2 is 2.30 bits per heavy atom. The van der Waals surface area contributed by atoms with Gasteiger partial charge in [0, 0.05) is 7.05 Å². The van der Waals surface area contributed by atoms with Crippen LogP contribution in [0.3, 0.4) is 0 Å². The SMILES string of the molecule is CC(C(=O)O)N(C)C=C=O. The van der Waals surface area contributed by atoms with Gasteiger partial charge in [0.1, 0.15) is 12.0 Å². The molecular weight excluding hydrogens is 134 g/mol. The first kappa shape index (κ1) is 8.72. The molecule has 0 aliphatic heterocycles. The minimum absolute atomic E-state index is 0.679. The van der Waals surface area contributed by atoms with Crippen molar-refractivity contribution in [2.75, 3.05) is 7.05 Å². The summed E-state index contributed by atoms with van der Waals surface area (Å²) in [5, 5.41) is 8.39. The summed E-state index contributed by atoms with van der Waals surface area (Å²) in [7, 11) is 1.50. The van der Waals surface area contributed by atoms with E-state index in [0.717, 1.165) is 6.20 Å². The first-order chi connectivity index (χ1) is 4.59. The number of carbonyl (C=O) groups excluding carboxylic acids is 1. The van der Waals surface area contributed by atoms with Crippen molar-refractivity contribution >= 4 is 11.9 Å². The van der Waals surface area contributed by atoms with E-state index in [1.807, 2.05) is 0 Å². The second-order valence-electron chi connectivity index (χ2n) is 1.93. The van der Waals surface area contributed by atoms with E-state index >= 15 is 0 Å². The Hall–Kier alpha value is -1.28. The molecule has 0 aliphatic rings. The van der Waals surface area contributed by atoms with Gasteiger partial charge in [0.25, 0.3) is 0 Å².